The molecular formula is C23H25N5O3. The molecule has 0 spiro atoms. The molecule has 0 radical (unpaired) electrons. The van der Waals surface area contributed by atoms with Crippen molar-refractivity contribution in [1.82, 2.24) is 25.2 Å². The number of hydrogen-bond donors (Lipinski definition) is 1. The quantitative estimate of drug-likeness (QED) is 0.697. The van der Waals surface area contributed by atoms with Crippen molar-refractivity contribution in [3.8, 4) is 11.3 Å². The van der Waals surface area contributed by atoms with Crippen molar-refractivity contribution < 1.29 is 9.32 Å². The molecule has 0 bridgehead atoms. The largest absolute Gasteiger partial charge is 0.360 e. The van der Waals surface area contributed by atoms with Gasteiger partial charge in [0.05, 0.1) is 11.7 Å². The summed E-state index contributed by atoms with van der Waals surface area (Å²) in [6, 6.07) is 7.18. The van der Waals surface area contributed by atoms with Gasteiger partial charge in [0.2, 0.25) is 0 Å². The van der Waals surface area contributed by atoms with Gasteiger partial charge in [-0.1, -0.05) is 5.16 Å². The highest BCUT2D eigenvalue weighted by atomic mass is 16.5. The van der Waals surface area contributed by atoms with Crippen LogP contribution in [0.25, 0.3) is 11.3 Å². The summed E-state index contributed by atoms with van der Waals surface area (Å²) in [6.07, 6.45) is 10.5. The first-order valence-corrected chi connectivity index (χ1v) is 11.0. The zero-order valence-electron chi connectivity index (χ0n) is 17.3. The first-order valence-electron chi connectivity index (χ1n) is 11.0. The van der Waals surface area contributed by atoms with Gasteiger partial charge in [-0.05, 0) is 63.1 Å². The number of fused-ring (bicyclic) bond motifs is 1. The van der Waals surface area contributed by atoms with E-state index in [0.717, 1.165) is 73.9 Å². The molecule has 8 heteroatoms. The van der Waals surface area contributed by atoms with Crippen LogP contribution in [0.2, 0.25) is 0 Å². The summed E-state index contributed by atoms with van der Waals surface area (Å²) < 4.78 is 6.97. The van der Waals surface area contributed by atoms with Crippen LogP contribution < -0.4 is 10.9 Å². The molecule has 0 aromatic carbocycles. The predicted molar refractivity (Wildman–Crippen MR) is 114 cm³/mol. The molecule has 31 heavy (non-hydrogen) atoms. The molecule has 1 saturated carbocycles. The average Bonchev–Trinajstić information content (AvgIpc) is 3.25. The Hall–Kier alpha value is -3.29. The maximum Gasteiger partial charge on any atom is 0.273 e. The van der Waals surface area contributed by atoms with Gasteiger partial charge in [-0.25, -0.2) is 4.68 Å². The van der Waals surface area contributed by atoms with E-state index in [4.69, 9.17) is 4.52 Å². The number of aryl methyl sites for hydroxylation is 1. The van der Waals surface area contributed by atoms with Crippen LogP contribution >= 0.6 is 0 Å². The predicted octanol–water partition coefficient (Wildman–Crippen LogP) is 3.09. The topological polar surface area (TPSA) is 103 Å². The lowest BCUT2D eigenvalue weighted by molar-refractivity contribution is 0.0911. The van der Waals surface area contributed by atoms with E-state index in [9.17, 15) is 9.59 Å². The van der Waals surface area contributed by atoms with Crippen molar-refractivity contribution in [3.63, 3.8) is 0 Å². The molecule has 3 aromatic heterocycles. The van der Waals surface area contributed by atoms with Gasteiger partial charge in [0.15, 0.2) is 5.69 Å². The van der Waals surface area contributed by atoms with E-state index in [0.29, 0.717) is 5.69 Å². The van der Waals surface area contributed by atoms with Crippen LogP contribution in [0.15, 0.2) is 46.0 Å². The number of carbonyl (C=O) groups excluding carboxylic acids is 1. The molecule has 0 aliphatic heterocycles. The van der Waals surface area contributed by atoms with Crippen molar-refractivity contribution in [2.75, 3.05) is 0 Å². The smallest absolute Gasteiger partial charge is 0.273 e. The minimum Gasteiger partial charge on any atom is -0.360 e. The molecule has 8 nitrogen and oxygen atoms in total. The molecule has 3 heterocycles. The van der Waals surface area contributed by atoms with Crippen LogP contribution in [0.3, 0.4) is 0 Å². The lowest BCUT2D eigenvalue weighted by Crippen LogP contribution is -2.40. The normalized spacial score (nSPS) is 20.8. The second-order valence-corrected chi connectivity index (χ2v) is 8.36. The maximum absolute atomic E-state index is 12.7. The fourth-order valence-electron chi connectivity index (χ4n) is 4.65. The Morgan fingerprint density at radius 2 is 1.81 bits per heavy atom. The Labute approximate surface area is 179 Å². The highest BCUT2D eigenvalue weighted by Gasteiger charge is 2.28. The fourth-order valence-corrected chi connectivity index (χ4v) is 4.65. The third-order valence-corrected chi connectivity index (χ3v) is 6.34. The summed E-state index contributed by atoms with van der Waals surface area (Å²) in [5.74, 6) is 0.713. The molecule has 1 amide bonds. The van der Waals surface area contributed by atoms with Gasteiger partial charge in [-0.15, -0.1) is 0 Å². The van der Waals surface area contributed by atoms with Crippen molar-refractivity contribution >= 4 is 5.91 Å². The zero-order valence-corrected chi connectivity index (χ0v) is 17.3. The summed E-state index contributed by atoms with van der Waals surface area (Å²) in [5.41, 5.74) is 3.01. The van der Waals surface area contributed by atoms with Crippen molar-refractivity contribution in [1.29, 1.82) is 0 Å². The Morgan fingerprint density at radius 1 is 1.03 bits per heavy atom. The van der Waals surface area contributed by atoms with Crippen molar-refractivity contribution in [3.05, 3.63) is 64.0 Å². The number of rotatable bonds is 4. The van der Waals surface area contributed by atoms with Crippen molar-refractivity contribution in [2.45, 2.75) is 63.5 Å². The van der Waals surface area contributed by atoms with Crippen LogP contribution in [0.4, 0.5) is 0 Å². The van der Waals surface area contributed by atoms with Gasteiger partial charge in [0.25, 0.3) is 11.5 Å². The van der Waals surface area contributed by atoms with E-state index < -0.39 is 0 Å². The Morgan fingerprint density at radius 3 is 2.61 bits per heavy atom. The minimum absolute atomic E-state index is 0.0299. The maximum atomic E-state index is 12.7. The SMILES string of the molecule is O=C(NC1CCC(n2nc(-c3ccncc3)ccc2=O)CC1)c1noc2c1CCCC2. The molecule has 1 N–H and O–H groups in total. The highest BCUT2D eigenvalue weighted by molar-refractivity contribution is 5.94. The number of amides is 1. The van der Waals surface area contributed by atoms with E-state index >= 15 is 0 Å². The first-order chi connectivity index (χ1) is 15.2. The van der Waals surface area contributed by atoms with Crippen LogP contribution in [0.1, 0.15) is 66.4 Å². The van der Waals surface area contributed by atoms with E-state index in [-0.39, 0.29) is 23.6 Å². The van der Waals surface area contributed by atoms with Crippen LogP contribution in [-0.4, -0.2) is 31.9 Å². The third-order valence-electron chi connectivity index (χ3n) is 6.34. The number of nitrogens with one attached hydrogen (secondary N) is 1. The van der Waals surface area contributed by atoms with Gasteiger partial charge in [-0.3, -0.25) is 14.6 Å². The van der Waals surface area contributed by atoms with Crippen LogP contribution in [0, 0.1) is 0 Å². The first kappa shape index (κ1) is 19.7. The molecule has 0 saturated heterocycles. The van der Waals surface area contributed by atoms with E-state index in [1.807, 2.05) is 12.1 Å². The number of carbonyl (C=O) groups is 1. The lowest BCUT2D eigenvalue weighted by atomic mass is 9.90. The number of pyridine rings is 1. The van der Waals surface area contributed by atoms with Gasteiger partial charge in [-0.2, -0.15) is 5.10 Å². The molecule has 1 fully saturated rings. The zero-order chi connectivity index (χ0) is 21.2. The number of nitrogens with zero attached hydrogens (tertiary/aromatic N) is 4. The third kappa shape index (κ3) is 4.02. The van der Waals surface area contributed by atoms with Gasteiger partial charge < -0.3 is 9.84 Å². The summed E-state index contributed by atoms with van der Waals surface area (Å²) in [7, 11) is 0. The number of hydrogen-bond acceptors (Lipinski definition) is 6. The molecule has 160 valence electrons. The molecule has 0 unspecified atom stereocenters. The Balaban J connectivity index is 1.24. The lowest BCUT2D eigenvalue weighted by Gasteiger charge is -2.29. The molecular weight excluding hydrogens is 394 g/mol. The second-order valence-electron chi connectivity index (χ2n) is 8.36. The van der Waals surface area contributed by atoms with Crippen LogP contribution in [0.5, 0.6) is 0 Å². The average molecular weight is 419 g/mol. The Bertz CT molecular complexity index is 1130. The summed E-state index contributed by atoms with van der Waals surface area (Å²) in [5, 5.41) is 11.8. The Kier molecular flexibility index (Phi) is 5.36. The van der Waals surface area contributed by atoms with Gasteiger partial charge in [0.1, 0.15) is 5.76 Å². The van der Waals surface area contributed by atoms with Gasteiger partial charge in [0, 0.05) is 42.0 Å². The summed E-state index contributed by atoms with van der Waals surface area (Å²) >= 11 is 0. The monoisotopic (exact) mass is 419 g/mol. The van der Waals surface area contributed by atoms with Crippen LogP contribution in [-0.2, 0) is 12.8 Å². The standard InChI is InChI=1S/C23H25N5O3/c29-21-10-9-19(15-11-13-24-14-12-15)26-28(21)17-7-5-16(6-8-17)25-23(30)22-18-3-1-2-4-20(18)31-27-22/h9-14,16-17H,1-8H2,(H,25,30). The number of aromatic nitrogens is 4. The molecule has 5 rings (SSSR count). The highest BCUT2D eigenvalue weighted by Crippen LogP contribution is 2.29. The minimum atomic E-state index is -0.148. The van der Waals surface area contributed by atoms with E-state index in [1.165, 1.54) is 0 Å². The van der Waals surface area contributed by atoms with Gasteiger partial charge >= 0.3 is 0 Å². The van der Waals surface area contributed by atoms with Crippen molar-refractivity contribution in [2.24, 2.45) is 0 Å². The second kappa shape index (κ2) is 8.45. The summed E-state index contributed by atoms with van der Waals surface area (Å²) in [4.78, 5) is 29.2. The molecule has 3 aromatic rings. The molecule has 2 aliphatic carbocycles. The van der Waals surface area contributed by atoms with E-state index in [2.05, 4.69) is 20.6 Å². The summed E-state index contributed by atoms with van der Waals surface area (Å²) in [6.45, 7) is 0. The molecule has 0 atom stereocenters. The molecule has 2 aliphatic rings. The fraction of sp³-hybridized carbons (Fsp3) is 0.435. The van der Waals surface area contributed by atoms with E-state index in [1.54, 1.807) is 29.2 Å².